The van der Waals surface area contributed by atoms with E-state index in [-0.39, 0.29) is 5.69 Å². The van der Waals surface area contributed by atoms with Crippen molar-refractivity contribution in [3.8, 4) is 11.5 Å². The molecule has 1 aliphatic rings. The Morgan fingerprint density at radius 1 is 1.30 bits per heavy atom. The van der Waals surface area contributed by atoms with Gasteiger partial charge in [-0.1, -0.05) is 0 Å². The minimum absolute atomic E-state index is 0.0603. The third-order valence-corrected chi connectivity index (χ3v) is 6.41. The number of aryl methyl sites for hydroxylation is 1. The van der Waals surface area contributed by atoms with Gasteiger partial charge in [0.1, 0.15) is 6.26 Å². The highest BCUT2D eigenvalue weighted by molar-refractivity contribution is 7.11. The lowest BCUT2D eigenvalue weighted by Crippen LogP contribution is -2.28. The van der Waals surface area contributed by atoms with Crippen molar-refractivity contribution >= 4 is 17.0 Å². The zero-order chi connectivity index (χ0) is 21.1. The third kappa shape index (κ3) is 5.13. The largest absolute Gasteiger partial charge is 0.444 e. The summed E-state index contributed by atoms with van der Waals surface area (Å²) in [6.45, 7) is 7.25. The summed E-state index contributed by atoms with van der Waals surface area (Å²) < 4.78 is 5.59. The molecule has 7 nitrogen and oxygen atoms in total. The Morgan fingerprint density at radius 2 is 2.10 bits per heavy atom. The molecule has 1 aromatic carbocycles. The van der Waals surface area contributed by atoms with Crippen LogP contribution in [0.1, 0.15) is 21.9 Å². The second kappa shape index (κ2) is 9.07. The van der Waals surface area contributed by atoms with E-state index in [9.17, 15) is 10.1 Å². The fraction of sp³-hybridized carbons (Fsp3) is 0.409. The average molecular weight is 427 g/mol. The highest BCUT2D eigenvalue weighted by Crippen LogP contribution is 2.24. The quantitative estimate of drug-likeness (QED) is 0.388. The predicted molar refractivity (Wildman–Crippen MR) is 117 cm³/mol. The van der Waals surface area contributed by atoms with Crippen LogP contribution < -0.4 is 0 Å². The number of rotatable bonds is 8. The normalized spacial score (nSPS) is 17.1. The van der Waals surface area contributed by atoms with Crippen LogP contribution in [-0.4, -0.2) is 46.4 Å². The summed E-state index contributed by atoms with van der Waals surface area (Å²) in [7, 11) is 2.12. The second-order valence-corrected chi connectivity index (χ2v) is 9.42. The van der Waals surface area contributed by atoms with Crippen molar-refractivity contribution in [3.05, 3.63) is 68.2 Å². The van der Waals surface area contributed by atoms with Gasteiger partial charge in [0, 0.05) is 53.6 Å². The lowest BCUT2D eigenvalue weighted by Gasteiger charge is -2.20. The van der Waals surface area contributed by atoms with Crippen LogP contribution in [0.5, 0.6) is 0 Å². The number of oxazole rings is 1. The highest BCUT2D eigenvalue weighted by atomic mass is 32.1. The van der Waals surface area contributed by atoms with Crippen LogP contribution in [0.2, 0.25) is 0 Å². The number of benzene rings is 1. The Hall–Kier alpha value is -2.55. The van der Waals surface area contributed by atoms with E-state index < -0.39 is 4.92 Å². The maximum Gasteiger partial charge on any atom is 0.269 e. The number of likely N-dealkylation sites (tertiary alicyclic amines) is 1. The molecule has 3 heterocycles. The van der Waals surface area contributed by atoms with Gasteiger partial charge in [-0.25, -0.2) is 4.98 Å². The molecule has 0 spiro atoms. The summed E-state index contributed by atoms with van der Waals surface area (Å²) in [6, 6.07) is 10.7. The summed E-state index contributed by atoms with van der Waals surface area (Å²) in [5, 5.41) is 10.8. The van der Waals surface area contributed by atoms with Gasteiger partial charge in [0.25, 0.3) is 5.69 Å². The number of hydrogen-bond acceptors (Lipinski definition) is 7. The maximum absolute atomic E-state index is 10.8. The molecule has 2 aromatic heterocycles. The van der Waals surface area contributed by atoms with Crippen molar-refractivity contribution < 1.29 is 9.34 Å². The molecule has 0 N–H and O–H groups in total. The van der Waals surface area contributed by atoms with Crippen molar-refractivity contribution in [2.75, 3.05) is 26.7 Å². The second-order valence-electron chi connectivity index (χ2n) is 8.05. The SMILES string of the molecule is Cc1ccc(CN2CCC(CN(C)Cc3coc(-c4ccc([N+](=O)[O-])cc4)n3)C2)s1. The Bertz CT molecular complexity index is 998. The summed E-state index contributed by atoms with van der Waals surface area (Å²) >= 11 is 1.89. The van der Waals surface area contributed by atoms with Gasteiger partial charge in [0.15, 0.2) is 0 Å². The molecule has 1 unspecified atom stereocenters. The van der Waals surface area contributed by atoms with Gasteiger partial charge in [0.2, 0.25) is 5.89 Å². The van der Waals surface area contributed by atoms with Crippen molar-refractivity contribution in [1.82, 2.24) is 14.8 Å². The first-order valence-corrected chi connectivity index (χ1v) is 10.9. The van der Waals surface area contributed by atoms with Gasteiger partial charge < -0.3 is 9.32 Å². The van der Waals surface area contributed by atoms with Crippen LogP contribution in [-0.2, 0) is 13.1 Å². The highest BCUT2D eigenvalue weighted by Gasteiger charge is 2.24. The molecule has 3 aromatic rings. The zero-order valence-electron chi connectivity index (χ0n) is 17.3. The van der Waals surface area contributed by atoms with Crippen molar-refractivity contribution in [2.45, 2.75) is 26.4 Å². The molecule has 8 heteroatoms. The molecule has 30 heavy (non-hydrogen) atoms. The zero-order valence-corrected chi connectivity index (χ0v) is 18.1. The molecule has 4 rings (SSSR count). The van der Waals surface area contributed by atoms with Crippen molar-refractivity contribution in [2.24, 2.45) is 5.92 Å². The van der Waals surface area contributed by atoms with E-state index in [0.717, 1.165) is 44.0 Å². The Morgan fingerprint density at radius 3 is 2.80 bits per heavy atom. The predicted octanol–water partition coefficient (Wildman–Crippen LogP) is 4.57. The van der Waals surface area contributed by atoms with Crippen molar-refractivity contribution in [1.29, 1.82) is 0 Å². The number of nitro benzene ring substituents is 1. The number of nitrogens with zero attached hydrogens (tertiary/aromatic N) is 4. The first kappa shape index (κ1) is 20.7. The third-order valence-electron chi connectivity index (χ3n) is 5.42. The molecule has 1 atom stereocenters. The minimum Gasteiger partial charge on any atom is -0.444 e. The molecule has 0 radical (unpaired) electrons. The van der Waals surface area contributed by atoms with E-state index in [2.05, 4.69) is 40.9 Å². The van der Waals surface area contributed by atoms with E-state index in [1.165, 1.54) is 28.3 Å². The minimum atomic E-state index is -0.411. The smallest absolute Gasteiger partial charge is 0.269 e. The van der Waals surface area contributed by atoms with Gasteiger partial charge in [-0.3, -0.25) is 15.0 Å². The molecular formula is C22H26N4O3S. The molecule has 1 fully saturated rings. The summed E-state index contributed by atoms with van der Waals surface area (Å²) in [5.74, 6) is 1.16. The van der Waals surface area contributed by atoms with Crippen LogP contribution in [0.4, 0.5) is 5.69 Å². The van der Waals surface area contributed by atoms with E-state index in [1.807, 2.05) is 11.3 Å². The van der Waals surface area contributed by atoms with E-state index >= 15 is 0 Å². The van der Waals surface area contributed by atoms with Gasteiger partial charge >= 0.3 is 0 Å². The van der Waals surface area contributed by atoms with Gasteiger partial charge in [-0.2, -0.15) is 0 Å². The summed E-state index contributed by atoms with van der Waals surface area (Å²) in [6.07, 6.45) is 2.90. The average Bonchev–Trinajstić information content (AvgIpc) is 3.45. The monoisotopic (exact) mass is 426 g/mol. The number of nitro groups is 1. The van der Waals surface area contributed by atoms with Crippen LogP contribution in [0, 0.1) is 23.0 Å². The van der Waals surface area contributed by atoms with E-state index in [0.29, 0.717) is 11.8 Å². The maximum atomic E-state index is 10.8. The van der Waals surface area contributed by atoms with E-state index in [4.69, 9.17) is 4.42 Å². The van der Waals surface area contributed by atoms with Crippen LogP contribution >= 0.6 is 11.3 Å². The molecule has 1 aliphatic heterocycles. The molecule has 1 saturated heterocycles. The Kier molecular flexibility index (Phi) is 6.26. The van der Waals surface area contributed by atoms with Crippen LogP contribution in [0.3, 0.4) is 0 Å². The standard InChI is InChI=1S/C22H26N4O3S/c1-16-3-8-21(30-16)14-25-10-9-17(12-25)11-24(2)13-19-15-29-22(23-19)18-4-6-20(7-5-18)26(27)28/h3-8,15,17H,9-14H2,1-2H3. The number of aromatic nitrogens is 1. The van der Waals surface area contributed by atoms with Crippen LogP contribution in [0.15, 0.2) is 47.1 Å². The molecular weight excluding hydrogens is 400 g/mol. The first-order chi connectivity index (χ1) is 14.5. The summed E-state index contributed by atoms with van der Waals surface area (Å²) in [5.41, 5.74) is 1.67. The van der Waals surface area contributed by atoms with Gasteiger partial charge in [-0.05, 0) is 57.1 Å². The number of thiophene rings is 1. The fourth-order valence-electron chi connectivity index (χ4n) is 4.02. The molecule has 0 aliphatic carbocycles. The first-order valence-electron chi connectivity index (χ1n) is 10.1. The topological polar surface area (TPSA) is 75.7 Å². The summed E-state index contributed by atoms with van der Waals surface area (Å²) in [4.78, 5) is 22.6. The Labute approximate surface area is 180 Å². The fourth-order valence-corrected chi connectivity index (χ4v) is 4.95. The Balaban J connectivity index is 1.27. The van der Waals surface area contributed by atoms with Crippen molar-refractivity contribution in [3.63, 3.8) is 0 Å². The number of non-ortho nitro benzene ring substituents is 1. The molecule has 158 valence electrons. The van der Waals surface area contributed by atoms with Crippen LogP contribution in [0.25, 0.3) is 11.5 Å². The van der Waals surface area contributed by atoms with Gasteiger partial charge in [-0.15, -0.1) is 11.3 Å². The molecule has 0 saturated carbocycles. The number of hydrogen-bond donors (Lipinski definition) is 0. The lowest BCUT2D eigenvalue weighted by atomic mass is 10.1. The lowest BCUT2D eigenvalue weighted by molar-refractivity contribution is -0.384. The molecule has 0 amide bonds. The van der Waals surface area contributed by atoms with E-state index in [1.54, 1.807) is 18.4 Å². The van der Waals surface area contributed by atoms with Gasteiger partial charge in [0.05, 0.1) is 10.6 Å². The molecule has 0 bridgehead atoms.